The minimum Gasteiger partial charge on any atom is -0.497 e. The molecule has 0 spiro atoms. The fourth-order valence-electron chi connectivity index (χ4n) is 3.40. The van der Waals surface area contributed by atoms with Gasteiger partial charge in [-0.05, 0) is 42.8 Å². The molecule has 1 heterocycles. The molecule has 0 bridgehead atoms. The molecule has 0 amide bonds. The number of nitrogens with zero attached hydrogens (tertiary/aromatic N) is 1. The summed E-state index contributed by atoms with van der Waals surface area (Å²) >= 11 is 0. The minimum absolute atomic E-state index is 0.243. The number of methoxy groups -OCH3 is 1. The monoisotopic (exact) mass is 416 g/mol. The maximum absolute atomic E-state index is 13.6. The number of aromatic nitrogens is 1. The van der Waals surface area contributed by atoms with Gasteiger partial charge in [0.2, 0.25) is 0 Å². The van der Waals surface area contributed by atoms with Gasteiger partial charge in [0.15, 0.2) is 5.78 Å². The second-order valence-corrected chi connectivity index (χ2v) is 7.17. The smallest absolute Gasteiger partial charge is 0.195 e. The number of aryl methyl sites for hydroxylation is 1. The third kappa shape index (κ3) is 4.48. The Bertz CT molecular complexity index is 1200. The van der Waals surface area contributed by atoms with Crippen molar-refractivity contribution < 1.29 is 18.4 Å². The van der Waals surface area contributed by atoms with E-state index in [1.54, 1.807) is 25.3 Å². The van der Waals surface area contributed by atoms with Crippen LogP contribution in [0.15, 0.2) is 83.6 Å². The van der Waals surface area contributed by atoms with Crippen LogP contribution in [0.4, 0.5) is 10.1 Å². The number of hydrogen-bond acceptors (Lipinski definition) is 5. The number of anilines is 1. The fraction of sp³-hybridized carbons (Fsp3) is 0.120. The van der Waals surface area contributed by atoms with Gasteiger partial charge in [0.05, 0.1) is 12.7 Å². The number of hydrogen-bond donors (Lipinski definition) is 1. The summed E-state index contributed by atoms with van der Waals surface area (Å²) in [4.78, 5) is 13.6. The van der Waals surface area contributed by atoms with E-state index in [4.69, 9.17) is 9.26 Å². The van der Waals surface area contributed by atoms with Crippen LogP contribution in [0.5, 0.6) is 5.75 Å². The molecule has 0 saturated carbocycles. The average molecular weight is 416 g/mol. The fourth-order valence-corrected chi connectivity index (χ4v) is 3.40. The largest absolute Gasteiger partial charge is 0.497 e. The number of Topliss-reactive ketones (excluding diaryl/α,β-unsaturated/α-hetero) is 1. The van der Waals surface area contributed by atoms with Crippen LogP contribution in [0.1, 0.15) is 27.5 Å². The van der Waals surface area contributed by atoms with E-state index in [-0.39, 0.29) is 11.6 Å². The molecule has 1 aromatic heterocycles. The number of ether oxygens (including phenoxy) is 1. The van der Waals surface area contributed by atoms with Crippen molar-refractivity contribution in [2.24, 2.45) is 0 Å². The normalized spacial score (nSPS) is 11.7. The number of halogens is 1. The standard InChI is InChI=1S/C25H21FN2O3/c1-16-5-3-6-18(13-16)23-22(15-31-28-23)25(29)24(17-9-11-19(26)12-10-17)27-20-7-4-8-21(14-20)30-2/h3-15,24,27H,1-2H3. The summed E-state index contributed by atoms with van der Waals surface area (Å²) in [6, 6.07) is 20.0. The average Bonchev–Trinajstić information content (AvgIpc) is 3.28. The first kappa shape index (κ1) is 20.3. The van der Waals surface area contributed by atoms with Gasteiger partial charge >= 0.3 is 0 Å². The van der Waals surface area contributed by atoms with Crippen LogP contribution in [0.3, 0.4) is 0 Å². The second kappa shape index (κ2) is 8.83. The van der Waals surface area contributed by atoms with Crippen molar-refractivity contribution in [2.45, 2.75) is 13.0 Å². The molecule has 156 valence electrons. The predicted molar refractivity (Wildman–Crippen MR) is 117 cm³/mol. The zero-order chi connectivity index (χ0) is 21.8. The van der Waals surface area contributed by atoms with Crippen LogP contribution in [0.25, 0.3) is 11.3 Å². The molecule has 6 heteroatoms. The lowest BCUT2D eigenvalue weighted by Crippen LogP contribution is -2.21. The Labute approximate surface area is 179 Å². The number of ketones is 1. The minimum atomic E-state index is -0.782. The Kier molecular flexibility index (Phi) is 5.80. The van der Waals surface area contributed by atoms with Crippen molar-refractivity contribution in [3.05, 3.63) is 102 Å². The molecule has 1 N–H and O–H groups in total. The van der Waals surface area contributed by atoms with Gasteiger partial charge in [0.1, 0.15) is 29.6 Å². The van der Waals surface area contributed by atoms with Crippen molar-refractivity contribution in [3.8, 4) is 17.0 Å². The number of rotatable bonds is 7. The SMILES string of the molecule is COc1cccc(NC(C(=O)c2conc2-c2cccc(C)c2)c2ccc(F)cc2)c1. The van der Waals surface area contributed by atoms with Gasteiger partial charge < -0.3 is 14.6 Å². The topological polar surface area (TPSA) is 64.4 Å². The van der Waals surface area contributed by atoms with Crippen LogP contribution < -0.4 is 10.1 Å². The Morgan fingerprint density at radius 2 is 1.84 bits per heavy atom. The molecule has 0 saturated heterocycles. The molecular weight excluding hydrogens is 395 g/mol. The maximum atomic E-state index is 13.6. The molecular formula is C25H21FN2O3. The number of nitrogens with one attached hydrogen (secondary N) is 1. The zero-order valence-electron chi connectivity index (χ0n) is 17.1. The van der Waals surface area contributed by atoms with Crippen LogP contribution in [-0.2, 0) is 0 Å². The molecule has 31 heavy (non-hydrogen) atoms. The number of carbonyl (C=O) groups is 1. The molecule has 3 aromatic carbocycles. The molecule has 4 aromatic rings. The van der Waals surface area contributed by atoms with Crippen LogP contribution >= 0.6 is 0 Å². The summed E-state index contributed by atoms with van der Waals surface area (Å²) in [5.74, 6) is 0.0367. The van der Waals surface area contributed by atoms with Gasteiger partial charge in [-0.1, -0.05) is 47.1 Å². The van der Waals surface area contributed by atoms with E-state index in [9.17, 15) is 9.18 Å². The molecule has 0 aliphatic carbocycles. The Morgan fingerprint density at radius 1 is 1.06 bits per heavy atom. The summed E-state index contributed by atoms with van der Waals surface area (Å²) in [7, 11) is 1.58. The number of benzene rings is 3. The molecule has 5 nitrogen and oxygen atoms in total. The highest BCUT2D eigenvalue weighted by Crippen LogP contribution is 2.30. The van der Waals surface area contributed by atoms with E-state index in [1.807, 2.05) is 49.4 Å². The lowest BCUT2D eigenvalue weighted by Gasteiger charge is -2.19. The van der Waals surface area contributed by atoms with Crippen molar-refractivity contribution in [1.29, 1.82) is 0 Å². The lowest BCUT2D eigenvalue weighted by atomic mass is 9.95. The second-order valence-electron chi connectivity index (χ2n) is 7.17. The molecule has 0 fully saturated rings. The third-order valence-electron chi connectivity index (χ3n) is 4.97. The quantitative estimate of drug-likeness (QED) is 0.384. The van der Waals surface area contributed by atoms with Gasteiger partial charge in [-0.3, -0.25) is 4.79 Å². The van der Waals surface area contributed by atoms with Gasteiger partial charge in [-0.25, -0.2) is 4.39 Å². The Hall–Kier alpha value is -3.93. The van der Waals surface area contributed by atoms with Gasteiger partial charge in [0, 0.05) is 17.3 Å². The summed E-state index contributed by atoms with van der Waals surface area (Å²) < 4.78 is 24.0. The van der Waals surface area contributed by atoms with Crippen molar-refractivity contribution >= 4 is 11.5 Å². The summed E-state index contributed by atoms with van der Waals surface area (Å²) in [5, 5.41) is 7.32. The molecule has 0 aliphatic heterocycles. The first-order chi connectivity index (χ1) is 15.0. The first-order valence-corrected chi connectivity index (χ1v) is 9.77. The van der Waals surface area contributed by atoms with Crippen LogP contribution in [-0.4, -0.2) is 18.0 Å². The molecule has 1 unspecified atom stereocenters. The highest BCUT2D eigenvalue weighted by Gasteiger charge is 2.27. The van der Waals surface area contributed by atoms with Crippen LogP contribution in [0, 0.1) is 12.7 Å². The van der Waals surface area contributed by atoms with E-state index < -0.39 is 6.04 Å². The van der Waals surface area contributed by atoms with E-state index in [1.165, 1.54) is 18.4 Å². The van der Waals surface area contributed by atoms with E-state index >= 15 is 0 Å². The van der Waals surface area contributed by atoms with Crippen molar-refractivity contribution in [3.63, 3.8) is 0 Å². The van der Waals surface area contributed by atoms with E-state index in [2.05, 4.69) is 10.5 Å². The van der Waals surface area contributed by atoms with E-state index in [0.29, 0.717) is 28.3 Å². The van der Waals surface area contributed by atoms with E-state index in [0.717, 1.165) is 11.1 Å². The predicted octanol–water partition coefficient (Wildman–Crippen LogP) is 5.83. The summed E-state index contributed by atoms with van der Waals surface area (Å²) in [6.07, 6.45) is 1.35. The summed E-state index contributed by atoms with van der Waals surface area (Å²) in [5.41, 5.74) is 3.95. The van der Waals surface area contributed by atoms with Gasteiger partial charge in [-0.2, -0.15) is 0 Å². The highest BCUT2D eigenvalue weighted by atomic mass is 19.1. The molecule has 1 atom stereocenters. The van der Waals surface area contributed by atoms with Crippen molar-refractivity contribution in [2.75, 3.05) is 12.4 Å². The van der Waals surface area contributed by atoms with Crippen LogP contribution in [0.2, 0.25) is 0 Å². The van der Waals surface area contributed by atoms with Gasteiger partial charge in [-0.15, -0.1) is 0 Å². The third-order valence-corrected chi connectivity index (χ3v) is 4.97. The lowest BCUT2D eigenvalue weighted by molar-refractivity contribution is 0.0969. The first-order valence-electron chi connectivity index (χ1n) is 9.77. The Morgan fingerprint density at radius 3 is 2.58 bits per heavy atom. The number of carbonyl (C=O) groups excluding carboxylic acids is 1. The van der Waals surface area contributed by atoms with Crippen molar-refractivity contribution in [1.82, 2.24) is 5.16 Å². The molecule has 4 rings (SSSR count). The highest BCUT2D eigenvalue weighted by molar-refractivity contribution is 6.06. The Balaban J connectivity index is 1.74. The maximum Gasteiger partial charge on any atom is 0.195 e. The molecule has 0 aliphatic rings. The molecule has 0 radical (unpaired) electrons. The summed E-state index contributed by atoms with van der Waals surface area (Å²) in [6.45, 7) is 1.97. The zero-order valence-corrected chi connectivity index (χ0v) is 17.1. The van der Waals surface area contributed by atoms with Gasteiger partial charge in [0.25, 0.3) is 0 Å².